The van der Waals surface area contributed by atoms with E-state index in [9.17, 15) is 18.6 Å². The SMILES string of the molecule is C=C1/C(=C\C=C2/CCC[C@]3(C)C([C@H](C)C/C=C/S(=O)(=O)C(C)(C)C)=CC[C@@H]23)C[C@H](O)C[C@H]1O. The summed E-state index contributed by atoms with van der Waals surface area (Å²) in [4.78, 5) is 0. The quantitative estimate of drug-likeness (QED) is 0.494. The van der Waals surface area contributed by atoms with Crippen molar-refractivity contribution in [3.05, 3.63) is 58.6 Å². The minimum Gasteiger partial charge on any atom is -0.393 e. The lowest BCUT2D eigenvalue weighted by Gasteiger charge is -2.42. The number of hydrogen-bond acceptors (Lipinski definition) is 4. The van der Waals surface area contributed by atoms with E-state index >= 15 is 0 Å². The van der Waals surface area contributed by atoms with Crippen molar-refractivity contribution >= 4 is 9.84 Å². The molecular formula is C28H42O4S. The van der Waals surface area contributed by atoms with Crippen LogP contribution in [-0.4, -0.2) is 35.6 Å². The maximum atomic E-state index is 12.4. The first-order chi connectivity index (χ1) is 15.3. The lowest BCUT2D eigenvalue weighted by Crippen LogP contribution is -2.32. The third-order valence-corrected chi connectivity index (χ3v) is 10.3. The number of aliphatic hydroxyl groups excluding tert-OH is 2. The zero-order valence-corrected chi connectivity index (χ0v) is 21.8. The van der Waals surface area contributed by atoms with Crippen molar-refractivity contribution in [1.29, 1.82) is 0 Å². The molecule has 0 unspecified atom stereocenters. The molecule has 0 spiro atoms. The molecule has 0 saturated heterocycles. The van der Waals surface area contributed by atoms with Gasteiger partial charge in [0.1, 0.15) is 0 Å². The Bertz CT molecular complexity index is 989. The Morgan fingerprint density at radius 2 is 1.97 bits per heavy atom. The van der Waals surface area contributed by atoms with Crippen LogP contribution < -0.4 is 0 Å². The average molecular weight is 475 g/mol. The van der Waals surface area contributed by atoms with Gasteiger partial charge in [-0.3, -0.25) is 0 Å². The predicted molar refractivity (Wildman–Crippen MR) is 136 cm³/mol. The monoisotopic (exact) mass is 474 g/mol. The molecule has 3 aliphatic carbocycles. The van der Waals surface area contributed by atoms with E-state index in [1.54, 1.807) is 20.8 Å². The van der Waals surface area contributed by atoms with E-state index in [-0.39, 0.29) is 5.41 Å². The normalized spacial score (nSPS) is 34.7. The van der Waals surface area contributed by atoms with Gasteiger partial charge < -0.3 is 10.2 Å². The third kappa shape index (κ3) is 5.47. The van der Waals surface area contributed by atoms with Crippen LogP contribution in [0.3, 0.4) is 0 Å². The second kappa shape index (κ2) is 9.67. The fraction of sp³-hybridized carbons (Fsp3) is 0.643. The first kappa shape index (κ1) is 26.2. The van der Waals surface area contributed by atoms with E-state index in [2.05, 4.69) is 38.7 Å². The van der Waals surface area contributed by atoms with Crippen molar-refractivity contribution in [3.63, 3.8) is 0 Å². The lowest BCUT2D eigenvalue weighted by atomic mass is 9.62. The van der Waals surface area contributed by atoms with E-state index in [0.717, 1.165) is 43.3 Å². The van der Waals surface area contributed by atoms with Crippen LogP contribution in [0, 0.1) is 17.3 Å². The minimum absolute atomic E-state index is 0.0986. The molecule has 5 heteroatoms. The zero-order valence-electron chi connectivity index (χ0n) is 21.0. The molecular weight excluding hydrogens is 432 g/mol. The van der Waals surface area contributed by atoms with Gasteiger partial charge in [-0.2, -0.15) is 0 Å². The first-order valence-electron chi connectivity index (χ1n) is 12.3. The van der Waals surface area contributed by atoms with Crippen molar-refractivity contribution in [2.75, 3.05) is 0 Å². The van der Waals surface area contributed by atoms with Crippen LogP contribution >= 0.6 is 0 Å². The molecule has 0 radical (unpaired) electrons. The van der Waals surface area contributed by atoms with Gasteiger partial charge >= 0.3 is 0 Å². The van der Waals surface area contributed by atoms with Crippen LogP contribution in [0.1, 0.15) is 79.6 Å². The highest BCUT2D eigenvalue weighted by molar-refractivity contribution is 7.95. The summed E-state index contributed by atoms with van der Waals surface area (Å²) in [6, 6.07) is 0. The standard InChI is InChI=1S/C28H42O4S/c1-19(9-8-16-33(31,32)27(3,4)5)24-13-14-25-21(10-7-15-28(24,25)6)11-12-22-17-23(29)18-26(30)20(22)2/h8,11-13,16,19,23,25-26,29-30H,2,7,9-10,14-15,17-18H2,1,3-6H3/b16-8+,21-11+,22-12-/t19-,23+,25+,26-,28-/m1/s1. The average Bonchev–Trinajstić information content (AvgIpc) is 3.06. The second-order valence-electron chi connectivity index (χ2n) is 11.5. The van der Waals surface area contributed by atoms with Crippen molar-refractivity contribution in [1.82, 2.24) is 0 Å². The lowest BCUT2D eigenvalue weighted by molar-refractivity contribution is 0.0862. The first-order valence-corrected chi connectivity index (χ1v) is 13.9. The molecule has 33 heavy (non-hydrogen) atoms. The smallest absolute Gasteiger partial charge is 0.176 e. The summed E-state index contributed by atoms with van der Waals surface area (Å²) < 4.78 is 24.0. The van der Waals surface area contributed by atoms with E-state index in [1.807, 2.05) is 6.08 Å². The maximum Gasteiger partial charge on any atom is 0.176 e. The van der Waals surface area contributed by atoms with Crippen LogP contribution in [0.15, 0.2) is 58.6 Å². The van der Waals surface area contributed by atoms with Crippen LogP contribution in [0.2, 0.25) is 0 Å². The van der Waals surface area contributed by atoms with Crippen molar-refractivity contribution in [3.8, 4) is 0 Å². The number of rotatable bonds is 5. The maximum absolute atomic E-state index is 12.4. The summed E-state index contributed by atoms with van der Waals surface area (Å²) in [5, 5.41) is 21.6. The molecule has 0 amide bonds. The molecule has 2 N–H and O–H groups in total. The molecule has 0 aromatic heterocycles. The van der Waals surface area contributed by atoms with Gasteiger partial charge in [0.15, 0.2) is 9.84 Å². The number of allylic oxidation sites excluding steroid dienone is 6. The van der Waals surface area contributed by atoms with Gasteiger partial charge in [-0.05, 0) is 87.7 Å². The predicted octanol–water partition coefficient (Wildman–Crippen LogP) is 5.80. The highest BCUT2D eigenvalue weighted by Gasteiger charge is 2.45. The molecule has 5 atom stereocenters. The van der Waals surface area contributed by atoms with E-state index < -0.39 is 26.8 Å². The van der Waals surface area contributed by atoms with Crippen molar-refractivity contribution in [2.45, 2.75) is 96.5 Å². The van der Waals surface area contributed by atoms with Crippen LogP contribution in [0.4, 0.5) is 0 Å². The van der Waals surface area contributed by atoms with Gasteiger partial charge in [0.25, 0.3) is 0 Å². The Hall–Kier alpha value is -1.43. The molecule has 0 aromatic carbocycles. The summed E-state index contributed by atoms with van der Waals surface area (Å²) in [6.07, 6.45) is 13.3. The topological polar surface area (TPSA) is 74.6 Å². The molecule has 0 heterocycles. The fourth-order valence-electron chi connectivity index (χ4n) is 5.80. The summed E-state index contributed by atoms with van der Waals surface area (Å²) >= 11 is 0. The molecule has 184 valence electrons. The minimum atomic E-state index is -3.25. The highest BCUT2D eigenvalue weighted by Crippen LogP contribution is 2.57. The summed E-state index contributed by atoms with van der Waals surface area (Å²) in [5.41, 5.74) is 4.66. The Labute approximate surface area is 200 Å². The van der Waals surface area contributed by atoms with E-state index in [4.69, 9.17) is 0 Å². The van der Waals surface area contributed by atoms with Crippen LogP contribution in [0.25, 0.3) is 0 Å². The van der Waals surface area contributed by atoms with Gasteiger partial charge in [-0.1, -0.05) is 55.9 Å². The Morgan fingerprint density at radius 3 is 2.64 bits per heavy atom. The molecule has 3 rings (SSSR count). The molecule has 2 saturated carbocycles. The largest absolute Gasteiger partial charge is 0.393 e. The zero-order chi connectivity index (χ0) is 24.6. The number of fused-ring (bicyclic) bond motifs is 1. The highest BCUT2D eigenvalue weighted by atomic mass is 32.2. The van der Waals surface area contributed by atoms with Gasteiger partial charge in [0.2, 0.25) is 0 Å². The number of hydrogen-bond donors (Lipinski definition) is 2. The third-order valence-electron chi connectivity index (χ3n) is 8.02. The number of sulfone groups is 1. The number of aliphatic hydroxyl groups is 2. The van der Waals surface area contributed by atoms with Gasteiger partial charge in [-0.15, -0.1) is 0 Å². The molecule has 4 nitrogen and oxygen atoms in total. The summed E-state index contributed by atoms with van der Waals surface area (Å²) in [6.45, 7) is 13.8. The van der Waals surface area contributed by atoms with Crippen molar-refractivity contribution in [2.24, 2.45) is 17.3 Å². The molecule has 0 bridgehead atoms. The van der Waals surface area contributed by atoms with E-state index in [0.29, 0.717) is 24.7 Å². The van der Waals surface area contributed by atoms with Gasteiger partial charge in [-0.25, -0.2) is 8.42 Å². The molecule has 2 fully saturated rings. The Balaban J connectivity index is 1.74. The Kier molecular flexibility index (Phi) is 7.67. The summed E-state index contributed by atoms with van der Waals surface area (Å²) in [5.74, 6) is 0.752. The fourth-order valence-corrected chi connectivity index (χ4v) is 6.57. The summed E-state index contributed by atoms with van der Waals surface area (Å²) in [7, 11) is -3.25. The van der Waals surface area contributed by atoms with Gasteiger partial charge in [0.05, 0.1) is 17.0 Å². The van der Waals surface area contributed by atoms with Crippen molar-refractivity contribution < 1.29 is 18.6 Å². The van der Waals surface area contributed by atoms with Crippen LogP contribution in [0.5, 0.6) is 0 Å². The molecule has 0 aromatic rings. The second-order valence-corrected chi connectivity index (χ2v) is 14.0. The van der Waals surface area contributed by atoms with Crippen LogP contribution in [-0.2, 0) is 9.84 Å². The Morgan fingerprint density at radius 1 is 1.27 bits per heavy atom. The van der Waals surface area contributed by atoms with Gasteiger partial charge in [0, 0.05) is 11.8 Å². The molecule has 0 aliphatic heterocycles. The van der Waals surface area contributed by atoms with E-state index in [1.165, 1.54) is 16.6 Å². The molecule has 3 aliphatic rings.